The van der Waals surface area contributed by atoms with E-state index in [1.807, 2.05) is 67.6 Å². The topological polar surface area (TPSA) is 42.9 Å². The van der Waals surface area contributed by atoms with Crippen molar-refractivity contribution in [3.8, 4) is 11.3 Å². The molecule has 2 aromatic heterocycles. The molecule has 0 fully saturated rings. The maximum absolute atomic E-state index is 12.4. The van der Waals surface area contributed by atoms with Crippen molar-refractivity contribution in [1.82, 2.24) is 10.2 Å². The summed E-state index contributed by atoms with van der Waals surface area (Å²) >= 11 is 2.98. The molecule has 4 aromatic rings. The highest BCUT2D eigenvalue weighted by atomic mass is 32.2. The number of ketones is 1. The van der Waals surface area contributed by atoms with E-state index in [4.69, 9.17) is 0 Å². The predicted molar refractivity (Wildman–Crippen MR) is 109 cm³/mol. The molecule has 3 nitrogen and oxygen atoms in total. The second kappa shape index (κ2) is 7.40. The van der Waals surface area contributed by atoms with Gasteiger partial charge in [-0.1, -0.05) is 66.4 Å². The van der Waals surface area contributed by atoms with E-state index >= 15 is 0 Å². The van der Waals surface area contributed by atoms with Crippen LogP contribution in [0.15, 0.2) is 71.8 Å². The van der Waals surface area contributed by atoms with Gasteiger partial charge in [-0.05, 0) is 19.1 Å². The third-order valence-corrected chi connectivity index (χ3v) is 6.08. The van der Waals surface area contributed by atoms with Crippen LogP contribution in [-0.2, 0) is 0 Å². The first-order chi connectivity index (χ1) is 12.7. The van der Waals surface area contributed by atoms with Gasteiger partial charge < -0.3 is 0 Å². The number of nitrogens with zero attached hydrogens (tertiary/aromatic N) is 2. The Morgan fingerprint density at radius 2 is 1.65 bits per heavy atom. The highest BCUT2D eigenvalue weighted by Crippen LogP contribution is 2.32. The molecule has 26 heavy (non-hydrogen) atoms. The lowest BCUT2D eigenvalue weighted by atomic mass is 10.1. The number of thioether (sulfide) groups is 1. The van der Waals surface area contributed by atoms with Gasteiger partial charge in [0, 0.05) is 21.2 Å². The average Bonchev–Trinajstić information content (AvgIpc) is 3.13. The van der Waals surface area contributed by atoms with Crippen LogP contribution in [0.3, 0.4) is 0 Å². The highest BCUT2D eigenvalue weighted by Gasteiger charge is 2.14. The second-order valence-corrected chi connectivity index (χ2v) is 8.14. The van der Waals surface area contributed by atoms with Crippen LogP contribution in [0.5, 0.6) is 0 Å². The SMILES string of the molecule is Cc1ccc(C(=O)CSc2nnc(-c3ccccc3)c3ccccc23)s1. The van der Waals surface area contributed by atoms with E-state index in [1.54, 1.807) is 0 Å². The first-order valence-electron chi connectivity index (χ1n) is 8.25. The van der Waals surface area contributed by atoms with Gasteiger partial charge in [-0.15, -0.1) is 21.5 Å². The summed E-state index contributed by atoms with van der Waals surface area (Å²) < 4.78 is 0. The number of aryl methyl sites for hydroxylation is 1. The number of hydrogen-bond donors (Lipinski definition) is 0. The van der Waals surface area contributed by atoms with Crippen LogP contribution < -0.4 is 0 Å². The minimum atomic E-state index is 0.131. The Morgan fingerprint density at radius 3 is 2.38 bits per heavy atom. The number of carbonyl (C=O) groups excluding carboxylic acids is 1. The van der Waals surface area contributed by atoms with Crippen LogP contribution in [0, 0.1) is 6.92 Å². The zero-order valence-electron chi connectivity index (χ0n) is 14.2. The first-order valence-corrected chi connectivity index (χ1v) is 10.1. The molecule has 4 rings (SSSR count). The number of hydrogen-bond acceptors (Lipinski definition) is 5. The largest absolute Gasteiger partial charge is 0.292 e. The standard InChI is InChI=1S/C21H16N2OS2/c1-14-11-12-19(26-14)18(24)13-25-21-17-10-6-5-9-16(17)20(22-23-21)15-7-3-2-4-8-15/h2-12H,13H2,1H3. The van der Waals surface area contributed by atoms with Gasteiger partial charge >= 0.3 is 0 Å². The number of benzene rings is 2. The zero-order chi connectivity index (χ0) is 17.9. The lowest BCUT2D eigenvalue weighted by Crippen LogP contribution is -2.01. The minimum Gasteiger partial charge on any atom is -0.292 e. The summed E-state index contributed by atoms with van der Waals surface area (Å²) in [6, 6.07) is 22.0. The highest BCUT2D eigenvalue weighted by molar-refractivity contribution is 8.00. The van der Waals surface area contributed by atoms with Crippen molar-refractivity contribution in [3.05, 3.63) is 76.5 Å². The molecule has 0 N–H and O–H groups in total. The van der Waals surface area contributed by atoms with Crippen LogP contribution in [0.1, 0.15) is 14.5 Å². The summed E-state index contributed by atoms with van der Waals surface area (Å²) in [5.74, 6) is 0.495. The molecule has 0 saturated carbocycles. The molecule has 2 heterocycles. The van der Waals surface area contributed by atoms with Crippen LogP contribution in [0.25, 0.3) is 22.0 Å². The Hall–Kier alpha value is -2.50. The lowest BCUT2D eigenvalue weighted by Gasteiger charge is -2.08. The fourth-order valence-corrected chi connectivity index (χ4v) is 4.54. The first kappa shape index (κ1) is 16.9. The molecule has 0 aliphatic heterocycles. The number of rotatable bonds is 5. The van der Waals surface area contributed by atoms with Gasteiger partial charge in [-0.2, -0.15) is 0 Å². The maximum atomic E-state index is 12.4. The molecule has 0 saturated heterocycles. The third kappa shape index (κ3) is 3.41. The molecular weight excluding hydrogens is 360 g/mol. The van der Waals surface area contributed by atoms with Crippen molar-refractivity contribution >= 4 is 39.7 Å². The average molecular weight is 377 g/mol. The molecule has 0 atom stereocenters. The smallest absolute Gasteiger partial charge is 0.183 e. The molecule has 0 aliphatic carbocycles. The van der Waals surface area contributed by atoms with Gasteiger partial charge in [-0.3, -0.25) is 4.79 Å². The monoisotopic (exact) mass is 376 g/mol. The number of fused-ring (bicyclic) bond motifs is 1. The molecule has 0 amide bonds. The third-order valence-electron chi connectivity index (χ3n) is 4.06. The molecule has 0 aliphatic rings. The van der Waals surface area contributed by atoms with Crippen LogP contribution in [-0.4, -0.2) is 21.7 Å². The van der Waals surface area contributed by atoms with Gasteiger partial charge in [0.05, 0.1) is 10.6 Å². The summed E-state index contributed by atoms with van der Waals surface area (Å²) in [6.07, 6.45) is 0. The van der Waals surface area contributed by atoms with E-state index in [0.29, 0.717) is 5.75 Å². The van der Waals surface area contributed by atoms with Crippen molar-refractivity contribution in [2.24, 2.45) is 0 Å². The summed E-state index contributed by atoms with van der Waals surface area (Å²) in [5.41, 5.74) is 1.91. The molecular formula is C21H16N2OS2. The summed E-state index contributed by atoms with van der Waals surface area (Å²) in [5, 5.41) is 11.7. The fourth-order valence-electron chi connectivity index (χ4n) is 2.78. The van der Waals surface area contributed by atoms with Crippen LogP contribution in [0.2, 0.25) is 0 Å². The number of thiophene rings is 1. The number of carbonyl (C=O) groups is 1. The molecule has 0 bridgehead atoms. The predicted octanol–water partition coefficient (Wildman–Crippen LogP) is 5.64. The van der Waals surface area contributed by atoms with Crippen LogP contribution in [0.4, 0.5) is 0 Å². The van der Waals surface area contributed by atoms with Crippen molar-refractivity contribution in [2.45, 2.75) is 11.9 Å². The van der Waals surface area contributed by atoms with Crippen molar-refractivity contribution < 1.29 is 4.79 Å². The molecule has 0 spiro atoms. The van der Waals surface area contributed by atoms with E-state index in [9.17, 15) is 4.79 Å². The van der Waals surface area contributed by atoms with Crippen molar-refractivity contribution in [3.63, 3.8) is 0 Å². The van der Waals surface area contributed by atoms with Gasteiger partial charge in [0.15, 0.2) is 5.78 Å². The Balaban J connectivity index is 1.65. The minimum absolute atomic E-state index is 0.131. The van der Waals surface area contributed by atoms with Crippen LogP contribution >= 0.6 is 23.1 Å². The van der Waals surface area contributed by atoms with E-state index < -0.39 is 0 Å². The Bertz CT molecular complexity index is 1070. The van der Waals surface area contributed by atoms with Gasteiger partial charge in [0.2, 0.25) is 0 Å². The molecule has 0 radical (unpaired) electrons. The van der Waals surface area contributed by atoms with E-state index in [1.165, 1.54) is 23.1 Å². The second-order valence-electron chi connectivity index (χ2n) is 5.89. The molecule has 2 aromatic carbocycles. The lowest BCUT2D eigenvalue weighted by molar-refractivity contribution is 0.102. The van der Waals surface area contributed by atoms with E-state index in [2.05, 4.69) is 16.3 Å². The molecule has 128 valence electrons. The van der Waals surface area contributed by atoms with Gasteiger partial charge in [0.25, 0.3) is 0 Å². The van der Waals surface area contributed by atoms with Crippen molar-refractivity contribution in [2.75, 3.05) is 5.75 Å². The zero-order valence-corrected chi connectivity index (χ0v) is 15.8. The quantitative estimate of drug-likeness (QED) is 0.334. The fraction of sp³-hybridized carbons (Fsp3) is 0.0952. The van der Waals surface area contributed by atoms with Crippen molar-refractivity contribution in [1.29, 1.82) is 0 Å². The molecule has 5 heteroatoms. The summed E-state index contributed by atoms with van der Waals surface area (Å²) in [7, 11) is 0. The number of Topliss-reactive ketones (excluding diaryl/α,β-unsaturated/α-hetero) is 1. The summed E-state index contributed by atoms with van der Waals surface area (Å²) in [4.78, 5) is 14.3. The van der Waals surface area contributed by atoms with Gasteiger partial charge in [0.1, 0.15) is 10.7 Å². The Kier molecular flexibility index (Phi) is 4.82. The Labute approximate surface area is 160 Å². The number of aromatic nitrogens is 2. The van der Waals surface area contributed by atoms with E-state index in [0.717, 1.165) is 36.8 Å². The maximum Gasteiger partial charge on any atom is 0.183 e. The normalized spacial score (nSPS) is 11.0. The Morgan fingerprint density at radius 1 is 0.923 bits per heavy atom. The van der Waals surface area contributed by atoms with E-state index in [-0.39, 0.29) is 5.78 Å². The molecule has 0 unspecified atom stereocenters. The summed E-state index contributed by atoms with van der Waals surface area (Å²) in [6.45, 7) is 2.01. The van der Waals surface area contributed by atoms with Gasteiger partial charge in [-0.25, -0.2) is 0 Å².